The Kier molecular flexibility index (Phi) is 58.3. The highest BCUT2D eigenvalue weighted by Gasteiger charge is 2.30. The monoisotopic (exact) mass is 1250 g/mol. The Morgan fingerprint density at radius 2 is 0.541 bits per heavy atom. The standard InChI is InChI=1S/C66H128O17P2/c1-6-9-12-15-18-20-21-22-23-27-31-35-40-45-50-64(69)77-56-62(83-66(71)52-47-42-37-32-28-25-24-26-30-34-38-43-48-59(4)5)58-81-85(74,75)79-54-60(67)53-78-84(72,73)80-57-61(55-76-63(68)49-44-39-33-17-14-11-8-3)82-65(70)51-46-41-36-29-19-16-13-10-7-2/h59-62,67H,6-58H2,1-5H3,(H,72,73)(H,74,75)/t60-,61+,62+/m0/s1. The number of ether oxygens (including phenoxy) is 4. The number of hydrogen-bond donors (Lipinski definition) is 3. The first-order chi connectivity index (χ1) is 41.0. The van der Waals surface area contributed by atoms with Crippen LogP contribution in [-0.2, 0) is 65.4 Å². The van der Waals surface area contributed by atoms with E-state index in [4.69, 9.17) is 37.0 Å². The van der Waals surface area contributed by atoms with Crippen molar-refractivity contribution in [2.24, 2.45) is 5.92 Å². The van der Waals surface area contributed by atoms with E-state index >= 15 is 0 Å². The molecule has 0 spiro atoms. The molecule has 0 aromatic carbocycles. The van der Waals surface area contributed by atoms with Crippen LogP contribution in [0.2, 0.25) is 0 Å². The molecule has 0 bridgehead atoms. The van der Waals surface area contributed by atoms with Crippen LogP contribution in [0.15, 0.2) is 0 Å². The summed E-state index contributed by atoms with van der Waals surface area (Å²) in [5, 5.41) is 10.5. The average Bonchev–Trinajstić information content (AvgIpc) is 3.54. The summed E-state index contributed by atoms with van der Waals surface area (Å²) in [6, 6.07) is 0. The van der Waals surface area contributed by atoms with Gasteiger partial charge in [-0.1, -0.05) is 285 Å². The lowest BCUT2D eigenvalue weighted by Crippen LogP contribution is -2.30. The van der Waals surface area contributed by atoms with E-state index in [0.29, 0.717) is 25.7 Å². The van der Waals surface area contributed by atoms with E-state index in [9.17, 15) is 43.2 Å². The summed E-state index contributed by atoms with van der Waals surface area (Å²) in [6.07, 6.45) is 44.5. The Hall–Kier alpha value is -1.94. The number of unbranched alkanes of at least 4 members (excludes halogenated alkanes) is 38. The van der Waals surface area contributed by atoms with Gasteiger partial charge in [-0.3, -0.25) is 37.3 Å². The van der Waals surface area contributed by atoms with Crippen molar-refractivity contribution in [2.75, 3.05) is 39.6 Å². The minimum absolute atomic E-state index is 0.106. The van der Waals surface area contributed by atoms with Crippen molar-refractivity contribution >= 4 is 39.5 Å². The van der Waals surface area contributed by atoms with Crippen LogP contribution in [0.25, 0.3) is 0 Å². The number of phosphoric acid groups is 2. The zero-order valence-corrected chi connectivity index (χ0v) is 56.5. The molecule has 0 aromatic rings. The summed E-state index contributed by atoms with van der Waals surface area (Å²) in [4.78, 5) is 72.2. The zero-order chi connectivity index (χ0) is 62.8. The van der Waals surface area contributed by atoms with Crippen LogP contribution in [0, 0.1) is 5.92 Å². The minimum Gasteiger partial charge on any atom is -0.462 e. The maximum absolute atomic E-state index is 13.0. The molecule has 0 aromatic heterocycles. The Balaban J connectivity index is 5.20. The molecule has 2 unspecified atom stereocenters. The third-order valence-electron chi connectivity index (χ3n) is 15.3. The molecule has 0 radical (unpaired) electrons. The third kappa shape index (κ3) is 60.7. The van der Waals surface area contributed by atoms with E-state index in [2.05, 4.69) is 34.6 Å². The topological polar surface area (TPSA) is 237 Å². The first kappa shape index (κ1) is 83.1. The van der Waals surface area contributed by atoms with E-state index in [1.165, 1.54) is 148 Å². The van der Waals surface area contributed by atoms with Gasteiger partial charge in [-0.2, -0.15) is 0 Å². The van der Waals surface area contributed by atoms with E-state index in [1.807, 2.05) is 0 Å². The molecule has 0 amide bonds. The summed E-state index contributed by atoms with van der Waals surface area (Å²) in [5.74, 6) is -1.36. The molecular weight excluding hydrogens is 1130 g/mol. The molecular formula is C66H128O17P2. The van der Waals surface area contributed by atoms with E-state index < -0.39 is 97.5 Å². The zero-order valence-electron chi connectivity index (χ0n) is 54.7. The molecule has 504 valence electrons. The van der Waals surface area contributed by atoms with Gasteiger partial charge in [-0.05, 0) is 31.6 Å². The quantitative estimate of drug-likeness (QED) is 0.0222. The molecule has 0 saturated heterocycles. The molecule has 0 aliphatic carbocycles. The van der Waals surface area contributed by atoms with Crippen molar-refractivity contribution in [3.05, 3.63) is 0 Å². The van der Waals surface area contributed by atoms with Crippen molar-refractivity contribution in [1.82, 2.24) is 0 Å². The minimum atomic E-state index is -4.95. The van der Waals surface area contributed by atoms with Gasteiger partial charge in [0.05, 0.1) is 26.4 Å². The molecule has 17 nitrogen and oxygen atoms in total. The van der Waals surface area contributed by atoms with Crippen LogP contribution in [0.4, 0.5) is 0 Å². The second-order valence-electron chi connectivity index (χ2n) is 24.3. The lowest BCUT2D eigenvalue weighted by Gasteiger charge is -2.21. The highest BCUT2D eigenvalue weighted by molar-refractivity contribution is 7.47. The third-order valence-corrected chi connectivity index (χ3v) is 17.2. The molecule has 0 heterocycles. The number of carbonyl (C=O) groups excluding carboxylic acids is 4. The number of phosphoric ester groups is 2. The van der Waals surface area contributed by atoms with Gasteiger partial charge in [-0.15, -0.1) is 0 Å². The number of aliphatic hydroxyl groups excluding tert-OH is 1. The van der Waals surface area contributed by atoms with Gasteiger partial charge < -0.3 is 33.8 Å². The van der Waals surface area contributed by atoms with Gasteiger partial charge in [-0.25, -0.2) is 9.13 Å². The van der Waals surface area contributed by atoms with Crippen LogP contribution in [0.5, 0.6) is 0 Å². The maximum atomic E-state index is 13.0. The summed E-state index contributed by atoms with van der Waals surface area (Å²) in [7, 11) is -9.88. The normalized spacial score (nSPS) is 14.2. The predicted molar refractivity (Wildman–Crippen MR) is 340 cm³/mol. The average molecular weight is 1260 g/mol. The lowest BCUT2D eigenvalue weighted by atomic mass is 10.0. The van der Waals surface area contributed by atoms with Crippen molar-refractivity contribution in [2.45, 2.75) is 355 Å². The molecule has 0 saturated carbocycles. The first-order valence-electron chi connectivity index (χ1n) is 34.6. The van der Waals surface area contributed by atoms with Crippen LogP contribution in [0.3, 0.4) is 0 Å². The highest BCUT2D eigenvalue weighted by atomic mass is 31.2. The summed E-state index contributed by atoms with van der Waals surface area (Å²) in [5.41, 5.74) is 0. The molecule has 19 heteroatoms. The predicted octanol–water partition coefficient (Wildman–Crippen LogP) is 18.6. The van der Waals surface area contributed by atoms with Crippen molar-refractivity contribution in [3.63, 3.8) is 0 Å². The number of aliphatic hydroxyl groups is 1. The highest BCUT2D eigenvalue weighted by Crippen LogP contribution is 2.45. The van der Waals surface area contributed by atoms with Crippen molar-refractivity contribution in [3.8, 4) is 0 Å². The maximum Gasteiger partial charge on any atom is 0.472 e. The molecule has 0 fully saturated rings. The molecule has 0 rings (SSSR count). The Bertz CT molecular complexity index is 1650. The summed E-state index contributed by atoms with van der Waals surface area (Å²) in [6.45, 7) is 7.17. The second kappa shape index (κ2) is 59.7. The van der Waals surface area contributed by atoms with Gasteiger partial charge in [0.15, 0.2) is 12.2 Å². The fraction of sp³-hybridized carbons (Fsp3) is 0.939. The molecule has 0 aliphatic heterocycles. The second-order valence-corrected chi connectivity index (χ2v) is 27.2. The molecule has 3 N–H and O–H groups in total. The number of hydrogen-bond acceptors (Lipinski definition) is 15. The number of carbonyl (C=O) groups is 4. The first-order valence-corrected chi connectivity index (χ1v) is 37.6. The molecule has 5 atom stereocenters. The number of rotatable bonds is 66. The smallest absolute Gasteiger partial charge is 0.462 e. The van der Waals surface area contributed by atoms with Crippen molar-refractivity contribution in [1.29, 1.82) is 0 Å². The Morgan fingerprint density at radius 3 is 0.800 bits per heavy atom. The van der Waals surface area contributed by atoms with E-state index in [-0.39, 0.29) is 25.7 Å². The van der Waals surface area contributed by atoms with Gasteiger partial charge in [0.2, 0.25) is 0 Å². The molecule has 85 heavy (non-hydrogen) atoms. The van der Waals surface area contributed by atoms with Crippen LogP contribution < -0.4 is 0 Å². The summed E-state index contributed by atoms with van der Waals surface area (Å²) < 4.78 is 68.0. The van der Waals surface area contributed by atoms with Gasteiger partial charge in [0, 0.05) is 25.7 Å². The van der Waals surface area contributed by atoms with E-state index in [0.717, 1.165) is 109 Å². The van der Waals surface area contributed by atoms with Crippen LogP contribution in [-0.4, -0.2) is 96.7 Å². The fourth-order valence-electron chi connectivity index (χ4n) is 9.94. The van der Waals surface area contributed by atoms with Gasteiger partial charge in [0.25, 0.3) is 0 Å². The Morgan fingerprint density at radius 1 is 0.318 bits per heavy atom. The SMILES string of the molecule is CCCCCCCCCCCCCCCCC(=O)OC[C@H](COP(=O)(O)OC[C@@H](O)COP(=O)(O)OC[C@@H](COC(=O)CCCCCCCCC)OC(=O)CCCCCCCCCCC)OC(=O)CCCCCCCCCCCCCCC(C)C. The van der Waals surface area contributed by atoms with E-state index in [1.54, 1.807) is 0 Å². The summed E-state index contributed by atoms with van der Waals surface area (Å²) >= 11 is 0. The van der Waals surface area contributed by atoms with Gasteiger partial charge in [0.1, 0.15) is 19.3 Å². The van der Waals surface area contributed by atoms with Crippen molar-refractivity contribution < 1.29 is 80.2 Å². The lowest BCUT2D eigenvalue weighted by molar-refractivity contribution is -0.161. The largest absolute Gasteiger partial charge is 0.472 e. The number of esters is 4. The van der Waals surface area contributed by atoms with Crippen LogP contribution >= 0.6 is 15.6 Å². The molecule has 0 aliphatic rings. The fourth-order valence-corrected chi connectivity index (χ4v) is 11.5. The Labute approximate surface area is 517 Å². The van der Waals surface area contributed by atoms with Gasteiger partial charge >= 0.3 is 39.5 Å². The van der Waals surface area contributed by atoms with Crippen LogP contribution in [0.1, 0.15) is 336 Å².